The Labute approximate surface area is 97.9 Å². The van der Waals surface area contributed by atoms with Crippen LogP contribution in [0.15, 0.2) is 23.2 Å². The number of hydroxylamine groups is 1. The average molecular weight is 243 g/mol. The Balaban J connectivity index is 2.33. The summed E-state index contributed by atoms with van der Waals surface area (Å²) >= 11 is 5.66. The standard InChI is InChI=1S/C10H11ClN2O3/c1-14-7-4-3-6(5-8(7)15-2)9-12-10(11)16-13-9/h3-5,10H,1-2H3,(H,12,13). The Bertz CT molecular complexity index is 423. The molecule has 0 saturated heterocycles. The molecule has 0 aliphatic carbocycles. The van der Waals surface area contributed by atoms with E-state index in [9.17, 15) is 0 Å². The zero-order valence-electron chi connectivity index (χ0n) is 8.86. The lowest BCUT2D eigenvalue weighted by Crippen LogP contribution is -2.18. The molecule has 1 N–H and O–H groups in total. The third kappa shape index (κ3) is 2.05. The molecule has 1 aromatic rings. The third-order valence-electron chi connectivity index (χ3n) is 2.14. The molecule has 1 unspecified atom stereocenters. The van der Waals surface area contributed by atoms with Gasteiger partial charge in [0.25, 0.3) is 5.69 Å². The molecule has 0 saturated carbocycles. The van der Waals surface area contributed by atoms with Gasteiger partial charge < -0.3 is 9.47 Å². The maximum atomic E-state index is 5.66. The van der Waals surface area contributed by atoms with Gasteiger partial charge in [0.2, 0.25) is 0 Å². The Hall–Kier alpha value is -1.46. The highest BCUT2D eigenvalue weighted by Gasteiger charge is 2.17. The summed E-state index contributed by atoms with van der Waals surface area (Å²) in [4.78, 5) is 8.93. The van der Waals surface area contributed by atoms with Crippen LogP contribution in [0.2, 0.25) is 0 Å². The van der Waals surface area contributed by atoms with Crippen molar-refractivity contribution in [2.75, 3.05) is 14.2 Å². The van der Waals surface area contributed by atoms with Gasteiger partial charge in [-0.05, 0) is 18.2 Å². The van der Waals surface area contributed by atoms with Crippen molar-refractivity contribution in [1.29, 1.82) is 0 Å². The second-order valence-electron chi connectivity index (χ2n) is 3.06. The lowest BCUT2D eigenvalue weighted by molar-refractivity contribution is 0.0880. The molecule has 0 amide bonds. The van der Waals surface area contributed by atoms with Crippen LogP contribution >= 0.6 is 11.6 Å². The van der Waals surface area contributed by atoms with Gasteiger partial charge in [-0.1, -0.05) is 11.6 Å². The lowest BCUT2D eigenvalue weighted by atomic mass is 10.2. The number of hydrogen-bond acceptors (Lipinski definition) is 5. The zero-order valence-corrected chi connectivity index (χ0v) is 9.62. The number of ether oxygens (including phenoxy) is 2. The van der Waals surface area contributed by atoms with E-state index in [-0.39, 0.29) is 0 Å². The van der Waals surface area contributed by atoms with Gasteiger partial charge in [-0.3, -0.25) is 0 Å². The number of hydrogen-bond donors (Lipinski definition) is 1. The quantitative estimate of drug-likeness (QED) is 0.645. The van der Waals surface area contributed by atoms with Crippen molar-refractivity contribution in [3.8, 4) is 11.5 Å². The maximum absolute atomic E-state index is 5.66. The van der Waals surface area contributed by atoms with Crippen LogP contribution in [0.5, 0.6) is 11.5 Å². The minimum absolute atomic E-state index is 0.570. The first-order valence-electron chi connectivity index (χ1n) is 4.60. The van der Waals surface area contributed by atoms with E-state index in [0.717, 1.165) is 5.56 Å². The monoisotopic (exact) mass is 242 g/mol. The van der Waals surface area contributed by atoms with Gasteiger partial charge in [0, 0.05) is 5.56 Å². The number of amidine groups is 1. The minimum atomic E-state index is -0.692. The van der Waals surface area contributed by atoms with Crippen molar-refractivity contribution in [3.63, 3.8) is 0 Å². The van der Waals surface area contributed by atoms with Crippen molar-refractivity contribution in [1.82, 2.24) is 5.48 Å². The largest absolute Gasteiger partial charge is 0.493 e. The van der Waals surface area contributed by atoms with E-state index in [0.29, 0.717) is 17.3 Å². The molecule has 1 atom stereocenters. The summed E-state index contributed by atoms with van der Waals surface area (Å²) in [6.45, 7) is 0. The summed E-state index contributed by atoms with van der Waals surface area (Å²) in [5.41, 5.74) is 2.76. The van der Waals surface area contributed by atoms with Gasteiger partial charge in [-0.15, -0.1) is 0 Å². The van der Waals surface area contributed by atoms with E-state index in [2.05, 4.69) is 10.5 Å². The van der Waals surface area contributed by atoms with Crippen molar-refractivity contribution < 1.29 is 14.3 Å². The third-order valence-corrected chi connectivity index (χ3v) is 2.33. The number of nitrogens with zero attached hydrogens (tertiary/aromatic N) is 1. The molecular formula is C10H11ClN2O3. The molecule has 16 heavy (non-hydrogen) atoms. The highest BCUT2D eigenvalue weighted by atomic mass is 35.5. The van der Waals surface area contributed by atoms with Gasteiger partial charge in [0.05, 0.1) is 14.2 Å². The Morgan fingerprint density at radius 1 is 1.31 bits per heavy atom. The normalized spacial score (nSPS) is 18.9. The summed E-state index contributed by atoms with van der Waals surface area (Å²) in [6.07, 6.45) is 0. The number of nitrogens with one attached hydrogen (secondary N) is 1. The van der Waals surface area contributed by atoms with E-state index in [1.165, 1.54) is 0 Å². The molecule has 0 bridgehead atoms. The first-order valence-corrected chi connectivity index (χ1v) is 5.04. The van der Waals surface area contributed by atoms with E-state index >= 15 is 0 Å². The molecule has 0 radical (unpaired) electrons. The Kier molecular flexibility index (Phi) is 3.17. The molecule has 1 aromatic carbocycles. The van der Waals surface area contributed by atoms with E-state index in [1.54, 1.807) is 26.4 Å². The fourth-order valence-corrected chi connectivity index (χ4v) is 1.52. The summed E-state index contributed by atoms with van der Waals surface area (Å²) in [7, 11) is 3.16. The molecule has 1 heterocycles. The average Bonchev–Trinajstić information content (AvgIpc) is 2.75. The number of methoxy groups -OCH3 is 2. The second-order valence-corrected chi connectivity index (χ2v) is 3.43. The molecule has 86 valence electrons. The molecule has 5 nitrogen and oxygen atoms in total. The second kappa shape index (κ2) is 4.59. The van der Waals surface area contributed by atoms with Crippen LogP contribution in [0.25, 0.3) is 0 Å². The molecule has 2 rings (SSSR count). The Morgan fingerprint density at radius 3 is 2.62 bits per heavy atom. The maximum Gasteiger partial charge on any atom is 0.251 e. The number of aliphatic imine (C=N–C) groups is 1. The minimum Gasteiger partial charge on any atom is -0.493 e. The summed E-state index contributed by atoms with van der Waals surface area (Å²) in [6, 6.07) is 5.42. The SMILES string of the molecule is COc1ccc(C2=NC(Cl)ON2)cc1OC. The summed E-state index contributed by atoms with van der Waals surface area (Å²) < 4.78 is 10.3. The Morgan fingerprint density at radius 2 is 2.06 bits per heavy atom. The van der Waals surface area contributed by atoms with Crippen LogP contribution in [0.4, 0.5) is 0 Å². The number of rotatable bonds is 3. The van der Waals surface area contributed by atoms with Gasteiger partial charge in [-0.2, -0.15) is 0 Å². The van der Waals surface area contributed by atoms with Crippen LogP contribution in [-0.4, -0.2) is 25.7 Å². The smallest absolute Gasteiger partial charge is 0.251 e. The fraction of sp³-hybridized carbons (Fsp3) is 0.300. The van der Waals surface area contributed by atoms with Gasteiger partial charge >= 0.3 is 0 Å². The van der Waals surface area contributed by atoms with Crippen molar-refractivity contribution in [3.05, 3.63) is 23.8 Å². The fourth-order valence-electron chi connectivity index (χ4n) is 1.38. The molecule has 6 heteroatoms. The predicted molar refractivity (Wildman–Crippen MR) is 59.9 cm³/mol. The van der Waals surface area contributed by atoms with Crippen LogP contribution in [0.3, 0.4) is 0 Å². The predicted octanol–water partition coefficient (Wildman–Crippen LogP) is 1.51. The molecule has 0 spiro atoms. The van der Waals surface area contributed by atoms with Crippen LogP contribution in [0, 0.1) is 0 Å². The summed E-state index contributed by atoms with van der Waals surface area (Å²) in [5.74, 6) is 1.86. The van der Waals surface area contributed by atoms with E-state index in [4.69, 9.17) is 25.9 Å². The van der Waals surface area contributed by atoms with Crippen LogP contribution in [-0.2, 0) is 4.84 Å². The molecule has 1 aliphatic rings. The molecule has 0 aromatic heterocycles. The highest BCUT2D eigenvalue weighted by molar-refractivity contribution is 6.21. The van der Waals surface area contributed by atoms with E-state index < -0.39 is 5.69 Å². The van der Waals surface area contributed by atoms with Gasteiger partial charge in [0.1, 0.15) is 0 Å². The first-order chi connectivity index (χ1) is 7.74. The number of halogens is 1. The number of benzene rings is 1. The highest BCUT2D eigenvalue weighted by Crippen LogP contribution is 2.28. The molecule has 0 fully saturated rings. The lowest BCUT2D eigenvalue weighted by Gasteiger charge is -2.09. The molecular weight excluding hydrogens is 232 g/mol. The summed E-state index contributed by atoms with van der Waals surface area (Å²) in [5, 5.41) is 0. The van der Waals surface area contributed by atoms with Gasteiger partial charge in [0.15, 0.2) is 17.3 Å². The first kappa shape index (κ1) is 11.0. The topological polar surface area (TPSA) is 52.1 Å². The van der Waals surface area contributed by atoms with Crippen molar-refractivity contribution in [2.24, 2.45) is 4.99 Å². The van der Waals surface area contributed by atoms with Gasteiger partial charge in [-0.25, -0.2) is 15.3 Å². The van der Waals surface area contributed by atoms with E-state index in [1.807, 2.05) is 6.07 Å². The van der Waals surface area contributed by atoms with Crippen molar-refractivity contribution >= 4 is 17.4 Å². The molecule has 1 aliphatic heterocycles. The number of alkyl halides is 1. The zero-order chi connectivity index (χ0) is 11.5. The van der Waals surface area contributed by atoms with Crippen LogP contribution in [0.1, 0.15) is 5.56 Å². The van der Waals surface area contributed by atoms with Crippen molar-refractivity contribution in [2.45, 2.75) is 5.69 Å². The van der Waals surface area contributed by atoms with Crippen LogP contribution < -0.4 is 15.0 Å².